The second-order valence-corrected chi connectivity index (χ2v) is 5.57. The van der Waals surface area contributed by atoms with E-state index >= 15 is 0 Å². The number of aryl methyl sites for hydroxylation is 1. The van der Waals surface area contributed by atoms with Gasteiger partial charge in [0.2, 0.25) is 0 Å². The summed E-state index contributed by atoms with van der Waals surface area (Å²) in [6.45, 7) is 3.09. The molecule has 0 aromatic carbocycles. The van der Waals surface area contributed by atoms with Gasteiger partial charge in [0, 0.05) is 18.5 Å². The average Bonchev–Trinajstić information content (AvgIpc) is 2.90. The molecule has 0 saturated heterocycles. The van der Waals surface area contributed by atoms with E-state index in [2.05, 4.69) is 18.3 Å². The largest absolute Gasteiger partial charge is 0.469 e. The average molecular weight is 250 g/mol. The predicted molar refractivity (Wildman–Crippen MR) is 74.4 cm³/mol. The third-order valence-corrected chi connectivity index (χ3v) is 4.11. The Hall–Kier alpha value is -0.800. The highest BCUT2D eigenvalue weighted by atomic mass is 16.3. The van der Waals surface area contributed by atoms with Gasteiger partial charge < -0.3 is 15.5 Å². The Morgan fingerprint density at radius 2 is 2.28 bits per heavy atom. The lowest BCUT2D eigenvalue weighted by Crippen LogP contribution is -2.45. The summed E-state index contributed by atoms with van der Waals surface area (Å²) >= 11 is 0. The number of furan rings is 1. The molecule has 1 aliphatic rings. The molecular weight excluding hydrogens is 224 g/mol. The molecule has 3 heteroatoms. The van der Waals surface area contributed by atoms with E-state index in [1.54, 1.807) is 6.26 Å². The molecule has 1 aromatic rings. The highest BCUT2D eigenvalue weighted by Crippen LogP contribution is 2.24. The van der Waals surface area contributed by atoms with E-state index in [-0.39, 0.29) is 0 Å². The van der Waals surface area contributed by atoms with Crippen LogP contribution in [-0.4, -0.2) is 18.6 Å². The van der Waals surface area contributed by atoms with Crippen molar-refractivity contribution in [3.8, 4) is 0 Å². The maximum absolute atomic E-state index is 5.87. The van der Waals surface area contributed by atoms with Crippen LogP contribution in [0.5, 0.6) is 0 Å². The van der Waals surface area contributed by atoms with Crippen LogP contribution in [-0.2, 0) is 6.42 Å². The number of hydrogen-bond acceptors (Lipinski definition) is 3. The molecule has 0 bridgehead atoms. The van der Waals surface area contributed by atoms with Crippen molar-refractivity contribution in [3.63, 3.8) is 0 Å². The van der Waals surface area contributed by atoms with E-state index < -0.39 is 0 Å². The van der Waals surface area contributed by atoms with Crippen molar-refractivity contribution in [2.75, 3.05) is 6.54 Å². The summed E-state index contributed by atoms with van der Waals surface area (Å²) in [6, 6.07) is 5.16. The van der Waals surface area contributed by atoms with Gasteiger partial charge in [-0.05, 0) is 50.8 Å². The summed E-state index contributed by atoms with van der Waals surface area (Å²) in [5.74, 6) is 1.76. The first-order valence-corrected chi connectivity index (χ1v) is 7.28. The zero-order valence-electron chi connectivity index (χ0n) is 11.4. The molecule has 3 atom stereocenters. The number of hydrogen-bond donors (Lipinski definition) is 2. The van der Waals surface area contributed by atoms with Crippen LogP contribution in [0.15, 0.2) is 22.8 Å². The van der Waals surface area contributed by atoms with E-state index in [0.717, 1.165) is 25.1 Å². The second-order valence-electron chi connectivity index (χ2n) is 5.57. The first-order chi connectivity index (χ1) is 8.79. The lowest BCUT2D eigenvalue weighted by Gasteiger charge is -2.33. The Labute approximate surface area is 110 Å². The van der Waals surface area contributed by atoms with E-state index in [1.807, 2.05) is 6.07 Å². The van der Waals surface area contributed by atoms with Gasteiger partial charge in [-0.1, -0.05) is 12.8 Å². The van der Waals surface area contributed by atoms with Crippen LogP contribution in [0.4, 0.5) is 0 Å². The standard InChI is InChI=1S/C15H26N2O/c1-12(8-9-14-6-4-10-18-14)17-15-7-3-2-5-13(15)11-16/h4,6,10,12-13,15,17H,2-3,5,7-9,11,16H2,1H3. The Kier molecular flexibility index (Phi) is 5.26. The smallest absolute Gasteiger partial charge is 0.103 e. The minimum atomic E-state index is 0.534. The molecular formula is C15H26N2O. The van der Waals surface area contributed by atoms with Gasteiger partial charge in [0.05, 0.1) is 6.26 Å². The quantitative estimate of drug-likeness (QED) is 0.816. The van der Waals surface area contributed by atoms with Crippen molar-refractivity contribution in [3.05, 3.63) is 24.2 Å². The van der Waals surface area contributed by atoms with Crippen LogP contribution >= 0.6 is 0 Å². The summed E-state index contributed by atoms with van der Waals surface area (Å²) in [4.78, 5) is 0. The number of nitrogens with two attached hydrogens (primary N) is 1. The summed E-state index contributed by atoms with van der Waals surface area (Å²) in [7, 11) is 0. The van der Waals surface area contributed by atoms with Crippen molar-refractivity contribution in [2.24, 2.45) is 11.7 Å². The molecule has 1 fully saturated rings. The summed E-state index contributed by atoms with van der Waals surface area (Å²) in [5.41, 5.74) is 5.87. The molecule has 18 heavy (non-hydrogen) atoms. The third-order valence-electron chi connectivity index (χ3n) is 4.11. The van der Waals surface area contributed by atoms with Crippen molar-refractivity contribution in [2.45, 2.75) is 57.5 Å². The topological polar surface area (TPSA) is 51.2 Å². The van der Waals surface area contributed by atoms with Gasteiger partial charge in [0.1, 0.15) is 5.76 Å². The fraction of sp³-hybridized carbons (Fsp3) is 0.733. The molecule has 1 heterocycles. The first-order valence-electron chi connectivity index (χ1n) is 7.28. The number of nitrogens with one attached hydrogen (secondary N) is 1. The van der Waals surface area contributed by atoms with Gasteiger partial charge in [0.25, 0.3) is 0 Å². The lowest BCUT2D eigenvalue weighted by molar-refractivity contribution is 0.247. The normalized spacial score (nSPS) is 26.1. The van der Waals surface area contributed by atoms with E-state index in [4.69, 9.17) is 10.2 Å². The van der Waals surface area contributed by atoms with Gasteiger partial charge in [0.15, 0.2) is 0 Å². The highest BCUT2D eigenvalue weighted by molar-refractivity contribution is 4.98. The molecule has 0 aliphatic heterocycles. The van der Waals surface area contributed by atoms with E-state index in [0.29, 0.717) is 18.0 Å². The predicted octanol–water partition coefficient (Wildman–Crippen LogP) is 2.71. The molecule has 3 nitrogen and oxygen atoms in total. The molecule has 3 N–H and O–H groups in total. The van der Waals surface area contributed by atoms with Crippen LogP contribution < -0.4 is 11.1 Å². The van der Waals surface area contributed by atoms with E-state index in [9.17, 15) is 0 Å². The molecule has 1 saturated carbocycles. The fourth-order valence-electron chi connectivity index (χ4n) is 2.97. The zero-order valence-corrected chi connectivity index (χ0v) is 11.4. The minimum absolute atomic E-state index is 0.534. The van der Waals surface area contributed by atoms with Crippen LogP contribution in [0.3, 0.4) is 0 Å². The van der Waals surface area contributed by atoms with E-state index in [1.165, 1.54) is 25.7 Å². The van der Waals surface area contributed by atoms with Crippen LogP contribution in [0.1, 0.15) is 44.8 Å². The van der Waals surface area contributed by atoms with Crippen molar-refractivity contribution >= 4 is 0 Å². The maximum Gasteiger partial charge on any atom is 0.103 e. The van der Waals surface area contributed by atoms with Crippen LogP contribution in [0.2, 0.25) is 0 Å². The first kappa shape index (κ1) is 13.6. The van der Waals surface area contributed by atoms with Gasteiger partial charge in [-0.25, -0.2) is 0 Å². The Balaban J connectivity index is 1.73. The van der Waals surface area contributed by atoms with Crippen molar-refractivity contribution < 1.29 is 4.42 Å². The van der Waals surface area contributed by atoms with Crippen molar-refractivity contribution in [1.29, 1.82) is 0 Å². The Morgan fingerprint density at radius 3 is 3.00 bits per heavy atom. The molecule has 0 amide bonds. The SMILES string of the molecule is CC(CCc1ccco1)NC1CCCCC1CN. The summed E-state index contributed by atoms with van der Waals surface area (Å²) in [6.07, 6.45) is 9.16. The van der Waals surface area contributed by atoms with Crippen LogP contribution in [0, 0.1) is 5.92 Å². The third kappa shape index (κ3) is 3.85. The van der Waals surface area contributed by atoms with Gasteiger partial charge in [-0.3, -0.25) is 0 Å². The molecule has 0 spiro atoms. The summed E-state index contributed by atoms with van der Waals surface area (Å²) in [5, 5.41) is 3.76. The fourth-order valence-corrected chi connectivity index (χ4v) is 2.97. The minimum Gasteiger partial charge on any atom is -0.469 e. The molecule has 1 aromatic heterocycles. The lowest BCUT2D eigenvalue weighted by atomic mass is 9.84. The zero-order chi connectivity index (χ0) is 12.8. The second kappa shape index (κ2) is 6.95. The van der Waals surface area contributed by atoms with Crippen molar-refractivity contribution in [1.82, 2.24) is 5.32 Å². The molecule has 2 rings (SSSR count). The van der Waals surface area contributed by atoms with Gasteiger partial charge >= 0.3 is 0 Å². The molecule has 1 aliphatic carbocycles. The number of rotatable bonds is 6. The van der Waals surface area contributed by atoms with Gasteiger partial charge in [-0.2, -0.15) is 0 Å². The summed E-state index contributed by atoms with van der Waals surface area (Å²) < 4.78 is 5.37. The molecule has 0 radical (unpaired) electrons. The monoisotopic (exact) mass is 250 g/mol. The maximum atomic E-state index is 5.87. The highest BCUT2D eigenvalue weighted by Gasteiger charge is 2.24. The Bertz CT molecular complexity index is 323. The molecule has 102 valence electrons. The van der Waals surface area contributed by atoms with Gasteiger partial charge in [-0.15, -0.1) is 0 Å². The van der Waals surface area contributed by atoms with Crippen LogP contribution in [0.25, 0.3) is 0 Å². The Morgan fingerprint density at radius 1 is 1.44 bits per heavy atom. The molecule has 3 unspecified atom stereocenters.